The van der Waals surface area contributed by atoms with E-state index in [0.29, 0.717) is 18.1 Å². The van der Waals surface area contributed by atoms with Crippen molar-refractivity contribution in [1.82, 2.24) is 4.90 Å². The van der Waals surface area contributed by atoms with Crippen molar-refractivity contribution in [2.75, 3.05) is 44.8 Å². The van der Waals surface area contributed by atoms with Gasteiger partial charge in [-0.1, -0.05) is 23.7 Å². The molecule has 0 aromatic heterocycles. The van der Waals surface area contributed by atoms with Gasteiger partial charge in [-0.05, 0) is 48.0 Å². The molecule has 0 aliphatic carbocycles. The number of benzene rings is 2. The summed E-state index contributed by atoms with van der Waals surface area (Å²) < 4.78 is 10.2. The normalized spacial score (nSPS) is 14.1. The molecule has 1 heterocycles. The highest BCUT2D eigenvalue weighted by molar-refractivity contribution is 6.30. The van der Waals surface area contributed by atoms with Gasteiger partial charge in [0.2, 0.25) is 0 Å². The molecule has 0 spiro atoms. The molecule has 0 atom stereocenters. The second kappa shape index (κ2) is 9.98. The van der Waals surface area contributed by atoms with Crippen LogP contribution in [0.2, 0.25) is 5.02 Å². The number of amides is 1. The highest BCUT2D eigenvalue weighted by Gasteiger charge is 2.22. The van der Waals surface area contributed by atoms with Crippen LogP contribution in [0.15, 0.2) is 54.6 Å². The topological polar surface area (TPSA) is 59.1 Å². The number of ether oxygens (including phenoxy) is 2. The fourth-order valence-electron chi connectivity index (χ4n) is 3.02. The van der Waals surface area contributed by atoms with Crippen LogP contribution in [-0.2, 0) is 14.3 Å². The quantitative estimate of drug-likeness (QED) is 0.536. The lowest BCUT2D eigenvalue weighted by Crippen LogP contribution is -2.49. The number of piperazine rings is 1. The summed E-state index contributed by atoms with van der Waals surface area (Å²) in [5, 5.41) is 0.627. The third kappa shape index (κ3) is 5.99. The number of carbonyl (C=O) groups excluding carboxylic acids is 2. The predicted molar refractivity (Wildman–Crippen MR) is 113 cm³/mol. The first-order chi connectivity index (χ1) is 14.0. The number of carbonyl (C=O) groups is 2. The zero-order chi connectivity index (χ0) is 20.6. The van der Waals surface area contributed by atoms with Crippen LogP contribution in [0.3, 0.4) is 0 Å². The van der Waals surface area contributed by atoms with E-state index in [9.17, 15) is 9.59 Å². The number of methoxy groups -OCH3 is 1. The average Bonchev–Trinajstić information content (AvgIpc) is 2.77. The average molecular weight is 415 g/mol. The number of rotatable bonds is 6. The van der Waals surface area contributed by atoms with Crippen molar-refractivity contribution in [2.24, 2.45) is 0 Å². The highest BCUT2D eigenvalue weighted by Crippen LogP contribution is 2.20. The van der Waals surface area contributed by atoms with Crippen molar-refractivity contribution >= 4 is 35.2 Å². The lowest BCUT2D eigenvalue weighted by molar-refractivity contribution is -0.148. The number of hydrogen-bond donors (Lipinski definition) is 0. The van der Waals surface area contributed by atoms with Gasteiger partial charge in [0.15, 0.2) is 6.61 Å². The van der Waals surface area contributed by atoms with Crippen LogP contribution in [0.1, 0.15) is 5.56 Å². The first-order valence-electron chi connectivity index (χ1n) is 9.32. The maximum Gasteiger partial charge on any atom is 0.331 e. The van der Waals surface area contributed by atoms with Crippen LogP contribution in [0.4, 0.5) is 5.69 Å². The Hall–Kier alpha value is -2.99. The Morgan fingerprint density at radius 2 is 1.66 bits per heavy atom. The van der Waals surface area contributed by atoms with Crippen molar-refractivity contribution in [1.29, 1.82) is 0 Å². The van der Waals surface area contributed by atoms with E-state index in [0.717, 1.165) is 30.1 Å². The van der Waals surface area contributed by atoms with E-state index in [-0.39, 0.29) is 12.5 Å². The van der Waals surface area contributed by atoms with Crippen LogP contribution in [-0.4, -0.2) is 56.7 Å². The number of halogens is 1. The zero-order valence-electron chi connectivity index (χ0n) is 16.2. The minimum atomic E-state index is -0.551. The summed E-state index contributed by atoms with van der Waals surface area (Å²) in [6.07, 6.45) is 2.93. The summed E-state index contributed by atoms with van der Waals surface area (Å²) in [7, 11) is 1.64. The van der Waals surface area contributed by atoms with Crippen molar-refractivity contribution in [3.8, 4) is 5.75 Å². The third-order valence-corrected chi connectivity index (χ3v) is 4.94. The van der Waals surface area contributed by atoms with Crippen LogP contribution in [0.25, 0.3) is 6.08 Å². The fraction of sp³-hybridized carbons (Fsp3) is 0.273. The van der Waals surface area contributed by atoms with E-state index in [1.807, 2.05) is 24.3 Å². The van der Waals surface area contributed by atoms with Gasteiger partial charge in [0.25, 0.3) is 5.91 Å². The van der Waals surface area contributed by atoms with Gasteiger partial charge in [0.1, 0.15) is 5.75 Å². The van der Waals surface area contributed by atoms with Gasteiger partial charge in [0.05, 0.1) is 7.11 Å². The Balaban J connectivity index is 1.42. The van der Waals surface area contributed by atoms with E-state index in [1.54, 1.807) is 42.4 Å². The van der Waals surface area contributed by atoms with E-state index in [4.69, 9.17) is 21.1 Å². The summed E-state index contributed by atoms with van der Waals surface area (Å²) in [6.45, 7) is 2.36. The van der Waals surface area contributed by atoms with Crippen LogP contribution in [0.5, 0.6) is 5.75 Å². The summed E-state index contributed by atoms with van der Waals surface area (Å²) in [5.41, 5.74) is 1.92. The Bertz CT molecular complexity index is 857. The maximum atomic E-state index is 12.3. The molecular formula is C22H23ClN2O4. The van der Waals surface area contributed by atoms with Gasteiger partial charge in [-0.2, -0.15) is 0 Å². The molecule has 1 amide bonds. The number of nitrogens with zero attached hydrogens (tertiary/aromatic N) is 2. The van der Waals surface area contributed by atoms with Crippen LogP contribution >= 0.6 is 11.6 Å². The summed E-state index contributed by atoms with van der Waals surface area (Å²) in [6, 6.07) is 14.9. The molecule has 0 N–H and O–H groups in total. The molecule has 0 unspecified atom stereocenters. The molecule has 1 saturated heterocycles. The Morgan fingerprint density at radius 1 is 1.00 bits per heavy atom. The Kier molecular flexibility index (Phi) is 7.14. The second-order valence-electron chi connectivity index (χ2n) is 6.56. The van der Waals surface area contributed by atoms with Gasteiger partial charge in [-0.3, -0.25) is 4.79 Å². The molecule has 7 heteroatoms. The summed E-state index contributed by atoms with van der Waals surface area (Å²) >= 11 is 5.82. The zero-order valence-corrected chi connectivity index (χ0v) is 17.0. The molecule has 152 valence electrons. The molecule has 0 saturated carbocycles. The molecule has 0 radical (unpaired) electrons. The molecule has 2 aromatic rings. The highest BCUT2D eigenvalue weighted by atomic mass is 35.5. The molecule has 1 fully saturated rings. The predicted octanol–water partition coefficient (Wildman–Crippen LogP) is 3.25. The molecular weight excluding hydrogens is 392 g/mol. The molecule has 29 heavy (non-hydrogen) atoms. The van der Waals surface area contributed by atoms with E-state index in [1.165, 1.54) is 6.08 Å². The molecule has 1 aliphatic rings. The van der Waals surface area contributed by atoms with Crippen molar-refractivity contribution in [3.05, 3.63) is 65.2 Å². The minimum Gasteiger partial charge on any atom is -0.497 e. The van der Waals surface area contributed by atoms with Crippen molar-refractivity contribution in [3.63, 3.8) is 0 Å². The van der Waals surface area contributed by atoms with E-state index < -0.39 is 5.97 Å². The van der Waals surface area contributed by atoms with Crippen molar-refractivity contribution < 1.29 is 19.1 Å². The van der Waals surface area contributed by atoms with Crippen LogP contribution in [0, 0.1) is 0 Å². The lowest BCUT2D eigenvalue weighted by atomic mass is 10.2. The lowest BCUT2D eigenvalue weighted by Gasteiger charge is -2.36. The van der Waals surface area contributed by atoms with Gasteiger partial charge >= 0.3 is 5.97 Å². The number of esters is 1. The first kappa shape index (κ1) is 20.7. The standard InChI is InChI=1S/C22H23ClN2O4/c1-28-20-9-7-19(8-10-20)24-12-14-25(15-13-24)21(26)16-29-22(27)11-4-17-2-5-18(23)6-3-17/h2-11H,12-16H2,1H3/b11-4+. The summed E-state index contributed by atoms with van der Waals surface area (Å²) in [5.74, 6) is 0.0762. The maximum absolute atomic E-state index is 12.3. The molecule has 1 aliphatic heterocycles. The molecule has 3 rings (SSSR count). The second-order valence-corrected chi connectivity index (χ2v) is 6.99. The third-order valence-electron chi connectivity index (χ3n) is 4.69. The molecule has 0 bridgehead atoms. The van der Waals surface area contributed by atoms with Gasteiger partial charge in [-0.25, -0.2) is 4.79 Å². The smallest absolute Gasteiger partial charge is 0.331 e. The fourth-order valence-corrected chi connectivity index (χ4v) is 3.14. The number of anilines is 1. The Morgan fingerprint density at radius 3 is 2.28 bits per heavy atom. The van der Waals surface area contributed by atoms with Gasteiger partial charge in [0, 0.05) is 43.0 Å². The Labute approximate surface area is 175 Å². The monoisotopic (exact) mass is 414 g/mol. The molecule has 6 nitrogen and oxygen atoms in total. The van der Waals surface area contributed by atoms with Gasteiger partial charge < -0.3 is 19.3 Å². The summed E-state index contributed by atoms with van der Waals surface area (Å²) in [4.78, 5) is 28.1. The molecule has 2 aromatic carbocycles. The van der Waals surface area contributed by atoms with E-state index >= 15 is 0 Å². The largest absolute Gasteiger partial charge is 0.497 e. The number of hydrogen-bond acceptors (Lipinski definition) is 5. The van der Waals surface area contributed by atoms with Crippen LogP contribution < -0.4 is 9.64 Å². The van der Waals surface area contributed by atoms with Gasteiger partial charge in [-0.15, -0.1) is 0 Å². The minimum absolute atomic E-state index is 0.187. The SMILES string of the molecule is COc1ccc(N2CCN(C(=O)COC(=O)/C=C/c3ccc(Cl)cc3)CC2)cc1. The first-order valence-corrected chi connectivity index (χ1v) is 9.70. The van der Waals surface area contributed by atoms with Crippen molar-refractivity contribution in [2.45, 2.75) is 0 Å². The van der Waals surface area contributed by atoms with E-state index in [2.05, 4.69) is 4.90 Å².